The molecule has 392 valence electrons. The van der Waals surface area contributed by atoms with Crippen LogP contribution in [0.2, 0.25) is 0 Å². The Morgan fingerprint density at radius 2 is 0.574 bits per heavy atom. The summed E-state index contributed by atoms with van der Waals surface area (Å²) in [4.78, 5) is 38.1. The number of carbonyl (C=O) groups is 3. The summed E-state index contributed by atoms with van der Waals surface area (Å²) in [6, 6.07) is 0. The molecule has 0 aromatic rings. The molecule has 0 spiro atoms. The summed E-state index contributed by atoms with van der Waals surface area (Å²) in [6.45, 7) is 6.52. The molecule has 0 rings (SSSR count). The van der Waals surface area contributed by atoms with Crippen LogP contribution in [0.5, 0.6) is 0 Å². The van der Waals surface area contributed by atoms with E-state index in [1.54, 1.807) is 0 Å². The Morgan fingerprint density at radius 1 is 0.309 bits per heavy atom. The zero-order valence-electron chi connectivity index (χ0n) is 44.9. The summed E-state index contributed by atoms with van der Waals surface area (Å²) in [7, 11) is 0. The summed E-state index contributed by atoms with van der Waals surface area (Å²) >= 11 is 0. The maximum Gasteiger partial charge on any atom is 0.306 e. The molecule has 0 bridgehead atoms. The second-order valence-electron chi connectivity index (χ2n) is 19.2. The van der Waals surface area contributed by atoms with E-state index in [9.17, 15) is 14.4 Å². The van der Waals surface area contributed by atoms with Crippen LogP contribution in [-0.2, 0) is 28.6 Å². The molecule has 0 aliphatic carbocycles. The summed E-state index contributed by atoms with van der Waals surface area (Å²) in [5, 5.41) is 0. The van der Waals surface area contributed by atoms with Crippen LogP contribution < -0.4 is 0 Å². The van der Waals surface area contributed by atoms with Crippen molar-refractivity contribution in [2.24, 2.45) is 0 Å². The van der Waals surface area contributed by atoms with E-state index in [0.717, 1.165) is 109 Å². The van der Waals surface area contributed by atoms with E-state index in [-0.39, 0.29) is 31.1 Å². The largest absolute Gasteiger partial charge is 0.462 e. The molecule has 0 N–H and O–H groups in total. The molecule has 68 heavy (non-hydrogen) atoms. The fourth-order valence-corrected chi connectivity index (χ4v) is 8.15. The number of hydrogen-bond donors (Lipinski definition) is 0. The van der Waals surface area contributed by atoms with Crippen molar-refractivity contribution in [2.45, 2.75) is 290 Å². The fraction of sp³-hybridized carbons (Fsp3) is 0.758. The van der Waals surface area contributed by atoms with Crippen LogP contribution in [0.25, 0.3) is 0 Å². The van der Waals surface area contributed by atoms with E-state index in [2.05, 4.69) is 93.7 Å². The Kier molecular flexibility index (Phi) is 53.8. The highest BCUT2D eigenvalue weighted by Gasteiger charge is 2.19. The molecule has 6 nitrogen and oxygen atoms in total. The third-order valence-electron chi connectivity index (χ3n) is 12.5. The molecular formula is C62H108O6. The normalized spacial score (nSPS) is 12.6. The monoisotopic (exact) mass is 949 g/mol. The third kappa shape index (κ3) is 53.8. The van der Waals surface area contributed by atoms with Gasteiger partial charge in [0.2, 0.25) is 0 Å². The van der Waals surface area contributed by atoms with Gasteiger partial charge in [-0.2, -0.15) is 0 Å². The first-order chi connectivity index (χ1) is 33.5. The first-order valence-corrected chi connectivity index (χ1v) is 28.9. The van der Waals surface area contributed by atoms with E-state index >= 15 is 0 Å². The minimum atomic E-state index is -0.782. The van der Waals surface area contributed by atoms with Gasteiger partial charge in [-0.05, 0) is 70.6 Å². The van der Waals surface area contributed by atoms with Gasteiger partial charge in [0.25, 0.3) is 0 Å². The topological polar surface area (TPSA) is 78.9 Å². The quantitative estimate of drug-likeness (QED) is 0.0262. The Hall–Kier alpha value is -3.15. The average molecular weight is 950 g/mol. The number of allylic oxidation sites excluding steroid dienone is 12. The Bertz CT molecular complexity index is 1270. The number of carbonyl (C=O) groups excluding carboxylic acids is 3. The first-order valence-electron chi connectivity index (χ1n) is 28.9. The predicted molar refractivity (Wildman–Crippen MR) is 293 cm³/mol. The van der Waals surface area contributed by atoms with Crippen molar-refractivity contribution in [1.29, 1.82) is 0 Å². The molecule has 6 heteroatoms. The van der Waals surface area contributed by atoms with E-state index in [1.807, 2.05) is 0 Å². The van der Waals surface area contributed by atoms with E-state index < -0.39 is 6.10 Å². The standard InChI is InChI=1S/C62H108O6/c1-4-7-10-13-16-19-22-24-26-28-29-30-31-32-33-34-36-37-40-43-46-49-52-55-61(64)67-58-59(57-66-60(63)54-51-48-45-42-39-21-18-15-12-9-6-3)68-62(65)56-53-50-47-44-41-38-35-27-25-23-20-17-14-11-8-5-2/h7,10,16,19,24,26,29-30,32-33,36-37,59H,4-6,8-9,11-15,17-18,20-23,25,27-28,31,34-35,38-58H2,1-3H3/b10-7-,19-16-,26-24-,30-29-,33-32-,37-36-. The molecule has 0 aromatic carbocycles. The minimum absolute atomic E-state index is 0.0799. The lowest BCUT2D eigenvalue weighted by Gasteiger charge is -2.18. The lowest BCUT2D eigenvalue weighted by Crippen LogP contribution is -2.30. The summed E-state index contributed by atoms with van der Waals surface area (Å²) in [5.41, 5.74) is 0. The van der Waals surface area contributed by atoms with Crippen molar-refractivity contribution in [2.75, 3.05) is 13.2 Å². The average Bonchev–Trinajstić information content (AvgIpc) is 3.34. The van der Waals surface area contributed by atoms with Crippen molar-refractivity contribution >= 4 is 17.9 Å². The zero-order chi connectivity index (χ0) is 49.3. The number of ether oxygens (including phenoxy) is 3. The molecule has 0 aromatic heterocycles. The van der Waals surface area contributed by atoms with Gasteiger partial charge in [0.1, 0.15) is 13.2 Å². The van der Waals surface area contributed by atoms with Gasteiger partial charge in [0, 0.05) is 19.3 Å². The third-order valence-corrected chi connectivity index (χ3v) is 12.5. The van der Waals surface area contributed by atoms with E-state index in [1.165, 1.54) is 135 Å². The van der Waals surface area contributed by atoms with Crippen LogP contribution in [0.15, 0.2) is 72.9 Å². The molecule has 0 saturated heterocycles. The second-order valence-corrected chi connectivity index (χ2v) is 19.2. The lowest BCUT2D eigenvalue weighted by molar-refractivity contribution is -0.167. The minimum Gasteiger partial charge on any atom is -0.462 e. The van der Waals surface area contributed by atoms with E-state index in [4.69, 9.17) is 14.2 Å². The number of rotatable bonds is 52. The summed E-state index contributed by atoms with van der Waals surface area (Å²) in [6.07, 6.45) is 71.8. The molecule has 0 fully saturated rings. The van der Waals surface area contributed by atoms with Gasteiger partial charge < -0.3 is 14.2 Å². The molecule has 1 unspecified atom stereocenters. The number of esters is 3. The molecule has 1 atom stereocenters. The van der Waals surface area contributed by atoms with E-state index in [0.29, 0.717) is 19.3 Å². The highest BCUT2D eigenvalue weighted by Crippen LogP contribution is 2.16. The van der Waals surface area contributed by atoms with Gasteiger partial charge in [-0.3, -0.25) is 14.4 Å². The van der Waals surface area contributed by atoms with Gasteiger partial charge in [-0.1, -0.05) is 267 Å². The van der Waals surface area contributed by atoms with Crippen molar-refractivity contribution < 1.29 is 28.6 Å². The fourth-order valence-electron chi connectivity index (χ4n) is 8.15. The second kappa shape index (κ2) is 56.4. The molecule has 0 heterocycles. The zero-order valence-corrected chi connectivity index (χ0v) is 44.9. The van der Waals surface area contributed by atoms with Gasteiger partial charge in [0.05, 0.1) is 0 Å². The smallest absolute Gasteiger partial charge is 0.306 e. The Labute approximate surface area is 421 Å². The predicted octanol–water partition coefficient (Wildman–Crippen LogP) is 19.4. The number of hydrogen-bond acceptors (Lipinski definition) is 6. The van der Waals surface area contributed by atoms with Gasteiger partial charge >= 0.3 is 17.9 Å². The summed E-state index contributed by atoms with van der Waals surface area (Å²) in [5.74, 6) is -0.895. The molecule has 0 amide bonds. The highest BCUT2D eigenvalue weighted by molar-refractivity contribution is 5.71. The van der Waals surface area contributed by atoms with Crippen molar-refractivity contribution in [3.8, 4) is 0 Å². The lowest BCUT2D eigenvalue weighted by atomic mass is 10.0. The van der Waals surface area contributed by atoms with Crippen LogP contribution in [-0.4, -0.2) is 37.2 Å². The van der Waals surface area contributed by atoms with Crippen molar-refractivity contribution in [3.63, 3.8) is 0 Å². The van der Waals surface area contributed by atoms with Crippen LogP contribution >= 0.6 is 0 Å². The van der Waals surface area contributed by atoms with Gasteiger partial charge in [-0.25, -0.2) is 0 Å². The van der Waals surface area contributed by atoms with Gasteiger partial charge in [0.15, 0.2) is 6.10 Å². The van der Waals surface area contributed by atoms with Crippen LogP contribution in [0.1, 0.15) is 284 Å². The Balaban J connectivity index is 4.36. The molecule has 0 saturated carbocycles. The van der Waals surface area contributed by atoms with Crippen LogP contribution in [0.4, 0.5) is 0 Å². The maximum absolute atomic E-state index is 12.8. The summed E-state index contributed by atoms with van der Waals surface area (Å²) < 4.78 is 16.8. The molecule has 0 aliphatic rings. The van der Waals surface area contributed by atoms with Crippen LogP contribution in [0.3, 0.4) is 0 Å². The highest BCUT2D eigenvalue weighted by atomic mass is 16.6. The van der Waals surface area contributed by atoms with Gasteiger partial charge in [-0.15, -0.1) is 0 Å². The maximum atomic E-state index is 12.8. The molecular weight excluding hydrogens is 841 g/mol. The number of unbranched alkanes of at least 4 members (excludes halogenated alkanes) is 29. The SMILES string of the molecule is CC/C=C\C/C=C\C/C=C\C/C=C\C/C=C\C/C=C\CCCCCCC(=O)OCC(COC(=O)CCCCCCCCCCCCC)OC(=O)CCCCCCCCCCCCCCCCCC. The first kappa shape index (κ1) is 64.8. The molecule has 0 radical (unpaired) electrons. The molecule has 0 aliphatic heterocycles. The van der Waals surface area contributed by atoms with Crippen LogP contribution in [0, 0.1) is 0 Å². The van der Waals surface area contributed by atoms with Crippen molar-refractivity contribution in [1.82, 2.24) is 0 Å². The van der Waals surface area contributed by atoms with Crippen molar-refractivity contribution in [3.05, 3.63) is 72.9 Å². The Morgan fingerprint density at radius 3 is 0.897 bits per heavy atom.